The molecule has 6 nitrogen and oxygen atoms in total. The topological polar surface area (TPSA) is 77.9 Å². The Kier molecular flexibility index (Phi) is 7.14. The van der Waals surface area contributed by atoms with Gasteiger partial charge >= 0.3 is 5.97 Å². The van der Waals surface area contributed by atoms with Crippen molar-refractivity contribution < 1.29 is 28.5 Å². The van der Waals surface area contributed by atoms with E-state index in [1.165, 1.54) is 18.9 Å². The molecule has 0 amide bonds. The summed E-state index contributed by atoms with van der Waals surface area (Å²) < 4.78 is 32.4. The predicted octanol–water partition coefficient (Wildman–Crippen LogP) is 6.89. The van der Waals surface area contributed by atoms with Gasteiger partial charge in [-0.2, -0.15) is 0 Å². The highest BCUT2D eigenvalue weighted by atomic mass is 19.1. The van der Waals surface area contributed by atoms with Crippen LogP contribution in [-0.4, -0.2) is 30.3 Å². The molecule has 1 saturated carbocycles. The van der Waals surface area contributed by atoms with Gasteiger partial charge in [0.1, 0.15) is 18.2 Å². The first-order valence-corrected chi connectivity index (χ1v) is 13.4. The normalized spacial score (nSPS) is 20.8. The molecule has 206 valence electrons. The Bertz CT molecular complexity index is 1400. The molecule has 1 aromatic heterocycles. The van der Waals surface area contributed by atoms with Gasteiger partial charge in [-0.1, -0.05) is 39.0 Å². The Morgan fingerprint density at radius 3 is 2.62 bits per heavy atom. The minimum absolute atomic E-state index is 0.248. The van der Waals surface area contributed by atoms with Gasteiger partial charge in [-0.05, 0) is 77.1 Å². The number of carbonyl (C=O) groups is 1. The number of hydrogen-bond acceptors (Lipinski definition) is 5. The maximum absolute atomic E-state index is 15.0. The fourth-order valence-electron chi connectivity index (χ4n) is 6.27. The van der Waals surface area contributed by atoms with Crippen molar-refractivity contribution in [3.05, 3.63) is 76.7 Å². The van der Waals surface area contributed by atoms with Crippen LogP contribution < -0.4 is 9.47 Å². The molecule has 2 aliphatic carbocycles. The number of hydrogen-bond donors (Lipinski definition) is 1. The first-order valence-electron chi connectivity index (χ1n) is 13.4. The summed E-state index contributed by atoms with van der Waals surface area (Å²) in [5, 5.41) is 9.64. The number of methoxy groups -OCH3 is 2. The van der Waals surface area contributed by atoms with Gasteiger partial charge in [0, 0.05) is 24.2 Å². The van der Waals surface area contributed by atoms with E-state index in [9.17, 15) is 14.3 Å². The van der Waals surface area contributed by atoms with Gasteiger partial charge in [-0.15, -0.1) is 0 Å². The minimum atomic E-state index is -0.711. The molecular formula is C32H36FNO5. The highest BCUT2D eigenvalue weighted by molar-refractivity contribution is 5.78. The van der Waals surface area contributed by atoms with Crippen LogP contribution in [0.25, 0.3) is 11.1 Å². The van der Waals surface area contributed by atoms with E-state index < -0.39 is 11.8 Å². The van der Waals surface area contributed by atoms with Gasteiger partial charge in [-0.3, -0.25) is 4.79 Å². The second kappa shape index (κ2) is 10.3. The maximum atomic E-state index is 15.0. The smallest absolute Gasteiger partial charge is 0.307 e. The van der Waals surface area contributed by atoms with Crippen LogP contribution >= 0.6 is 0 Å². The summed E-state index contributed by atoms with van der Waals surface area (Å²) in [5.41, 5.74) is 4.73. The largest absolute Gasteiger partial charge is 0.489 e. The van der Waals surface area contributed by atoms with Gasteiger partial charge in [0.15, 0.2) is 0 Å². The number of pyridine rings is 1. The van der Waals surface area contributed by atoms with Crippen molar-refractivity contribution in [1.29, 1.82) is 0 Å². The van der Waals surface area contributed by atoms with Crippen LogP contribution in [0.5, 0.6) is 11.6 Å². The second-order valence-corrected chi connectivity index (χ2v) is 11.8. The number of halogens is 1. The molecule has 3 aromatic rings. The lowest BCUT2D eigenvalue weighted by atomic mass is 9.78. The lowest BCUT2D eigenvalue weighted by molar-refractivity contribution is -0.139. The summed E-state index contributed by atoms with van der Waals surface area (Å²) in [6.07, 6.45) is 4.46. The molecule has 2 aliphatic rings. The number of carboxylic acids is 1. The fourth-order valence-corrected chi connectivity index (χ4v) is 6.27. The van der Waals surface area contributed by atoms with Crippen molar-refractivity contribution in [2.24, 2.45) is 11.3 Å². The fraction of sp³-hybridized carbons (Fsp3) is 0.438. The number of aromatic nitrogens is 1. The molecule has 7 heteroatoms. The zero-order valence-electron chi connectivity index (χ0n) is 23.2. The molecule has 0 aliphatic heterocycles. The van der Waals surface area contributed by atoms with Crippen LogP contribution in [0.4, 0.5) is 4.39 Å². The van der Waals surface area contributed by atoms with Crippen molar-refractivity contribution in [2.75, 3.05) is 14.2 Å². The Labute approximate surface area is 229 Å². The van der Waals surface area contributed by atoms with Crippen molar-refractivity contribution in [1.82, 2.24) is 4.98 Å². The zero-order valence-corrected chi connectivity index (χ0v) is 23.2. The van der Waals surface area contributed by atoms with E-state index in [1.54, 1.807) is 13.2 Å². The third-order valence-corrected chi connectivity index (χ3v) is 8.22. The number of ether oxygens (including phenoxy) is 3. The van der Waals surface area contributed by atoms with Gasteiger partial charge < -0.3 is 19.3 Å². The summed E-state index contributed by atoms with van der Waals surface area (Å²) in [6, 6.07) is 13.5. The number of carboxylic acid groups (broad SMARTS) is 1. The molecule has 3 atom stereocenters. The quantitative estimate of drug-likeness (QED) is 0.340. The average Bonchev–Trinajstić information content (AvgIpc) is 3.63. The molecular weight excluding hydrogens is 497 g/mol. The summed E-state index contributed by atoms with van der Waals surface area (Å²) in [5.74, 6) is -0.400. The van der Waals surface area contributed by atoms with Crippen molar-refractivity contribution >= 4 is 5.97 Å². The van der Waals surface area contributed by atoms with Gasteiger partial charge in [0.25, 0.3) is 0 Å². The first kappa shape index (κ1) is 27.1. The summed E-state index contributed by atoms with van der Waals surface area (Å²) in [6.45, 7) is 6.57. The maximum Gasteiger partial charge on any atom is 0.307 e. The Morgan fingerprint density at radius 2 is 1.95 bits per heavy atom. The molecule has 0 radical (unpaired) electrons. The molecule has 39 heavy (non-hydrogen) atoms. The van der Waals surface area contributed by atoms with Crippen LogP contribution in [0.3, 0.4) is 0 Å². The van der Waals surface area contributed by atoms with E-state index in [0.29, 0.717) is 30.0 Å². The number of rotatable bonds is 8. The third kappa shape index (κ3) is 5.12. The van der Waals surface area contributed by atoms with Crippen molar-refractivity contribution in [3.8, 4) is 22.8 Å². The molecule has 5 rings (SSSR count). The number of aliphatic carboxylic acids is 1. The summed E-state index contributed by atoms with van der Waals surface area (Å²) in [4.78, 5) is 15.7. The summed E-state index contributed by atoms with van der Waals surface area (Å²) >= 11 is 0. The zero-order chi connectivity index (χ0) is 27.9. The molecule has 1 unspecified atom stereocenters. The highest BCUT2D eigenvalue weighted by Gasteiger charge is 2.60. The van der Waals surface area contributed by atoms with E-state index in [0.717, 1.165) is 41.7 Å². The van der Waals surface area contributed by atoms with Crippen LogP contribution in [0.2, 0.25) is 0 Å². The number of benzene rings is 2. The molecule has 1 fully saturated rings. The van der Waals surface area contributed by atoms with Gasteiger partial charge in [0.05, 0.1) is 25.3 Å². The molecule has 1 heterocycles. The monoisotopic (exact) mass is 533 g/mol. The Balaban J connectivity index is 1.46. The van der Waals surface area contributed by atoms with Gasteiger partial charge in [0.2, 0.25) is 5.88 Å². The van der Waals surface area contributed by atoms with Crippen LogP contribution in [0, 0.1) is 17.2 Å². The Morgan fingerprint density at radius 1 is 1.15 bits per heavy atom. The lowest BCUT2D eigenvalue weighted by Crippen LogP contribution is -2.21. The van der Waals surface area contributed by atoms with Gasteiger partial charge in [-0.25, -0.2) is 9.37 Å². The van der Waals surface area contributed by atoms with E-state index in [4.69, 9.17) is 14.2 Å². The SMILES string of the molecule is COc1cc(-c2ccc(COc3ccc4c(c3)C3(CCC4)C[C@H]3C(=O)O)cc2[C@@H](OC)C(C)(C)C)c(F)cn1. The Hall–Kier alpha value is -3.45. The van der Waals surface area contributed by atoms with Crippen molar-refractivity contribution in [2.45, 2.75) is 64.6 Å². The standard InChI is InChI=1S/C32H36FNO5/c1-31(2,3)29(38-5)24-13-19(8-11-22(24)23-15-28(37-4)34-17-27(23)33)18-39-21-10-9-20-7-6-12-32(25(20)14-21)16-26(32)30(35)36/h8-11,13-15,17,26,29H,6-7,12,16,18H2,1-5H3,(H,35,36)/t26-,29+,32?/m0/s1. The van der Waals surface area contributed by atoms with E-state index in [2.05, 4.69) is 31.8 Å². The van der Waals surface area contributed by atoms with Crippen LogP contribution in [0.15, 0.2) is 48.7 Å². The molecule has 1 spiro atoms. The van der Waals surface area contributed by atoms with Crippen molar-refractivity contribution in [3.63, 3.8) is 0 Å². The van der Waals surface area contributed by atoms with E-state index >= 15 is 0 Å². The highest BCUT2D eigenvalue weighted by Crippen LogP contribution is 2.60. The second-order valence-electron chi connectivity index (χ2n) is 11.8. The number of fused-ring (bicyclic) bond motifs is 2. The predicted molar refractivity (Wildman–Crippen MR) is 147 cm³/mol. The van der Waals surface area contributed by atoms with E-state index in [1.807, 2.05) is 30.3 Å². The van der Waals surface area contributed by atoms with Crippen LogP contribution in [0.1, 0.15) is 68.4 Å². The minimum Gasteiger partial charge on any atom is -0.489 e. The molecule has 1 N–H and O–H groups in total. The number of nitrogens with zero attached hydrogens (tertiary/aromatic N) is 1. The third-order valence-electron chi connectivity index (χ3n) is 8.22. The summed E-state index contributed by atoms with van der Waals surface area (Å²) in [7, 11) is 3.17. The molecule has 0 saturated heterocycles. The lowest BCUT2D eigenvalue weighted by Gasteiger charge is -2.32. The molecule has 2 aromatic carbocycles. The number of aryl methyl sites for hydroxylation is 1. The van der Waals surface area contributed by atoms with Crippen LogP contribution in [-0.2, 0) is 28.0 Å². The first-order chi connectivity index (χ1) is 18.6. The van der Waals surface area contributed by atoms with E-state index in [-0.39, 0.29) is 22.9 Å². The average molecular weight is 534 g/mol. The molecule has 0 bridgehead atoms.